The van der Waals surface area contributed by atoms with Crippen LogP contribution in [0.15, 0.2) is 42.5 Å². The van der Waals surface area contributed by atoms with E-state index in [2.05, 4.69) is 10.6 Å². The second-order valence-electron chi connectivity index (χ2n) is 10.1. The fourth-order valence-corrected chi connectivity index (χ4v) is 6.06. The Hall–Kier alpha value is -3.23. The summed E-state index contributed by atoms with van der Waals surface area (Å²) in [6, 6.07) is 12.3. The number of nitrogens with one attached hydrogen (secondary N) is 3. The average molecular weight is 491 g/mol. The maximum Gasteiger partial charge on any atom is 0.251 e. The zero-order valence-corrected chi connectivity index (χ0v) is 21.0. The van der Waals surface area contributed by atoms with Crippen LogP contribution in [0.25, 0.3) is 0 Å². The number of nitrogens with zero attached hydrogens (tertiary/aromatic N) is 1. The number of rotatable bonds is 6. The third-order valence-electron chi connectivity index (χ3n) is 8.32. The number of aliphatic hydroxyl groups is 1. The third kappa shape index (κ3) is 3.98. The molecule has 36 heavy (non-hydrogen) atoms. The number of benzene rings is 2. The highest BCUT2D eigenvalue weighted by molar-refractivity contribution is 6.00. The molecule has 1 fully saturated rings. The van der Waals surface area contributed by atoms with E-state index in [0.29, 0.717) is 24.8 Å². The fourth-order valence-electron chi connectivity index (χ4n) is 6.06. The molecule has 0 bridgehead atoms. The molecule has 8 heteroatoms. The summed E-state index contributed by atoms with van der Waals surface area (Å²) in [6.07, 6.45) is 1.96. The molecule has 4 atom stereocenters. The Bertz CT molecular complexity index is 1190. The predicted octanol–water partition coefficient (Wildman–Crippen LogP) is 3.52. The van der Waals surface area contributed by atoms with E-state index in [1.807, 2.05) is 50.2 Å². The van der Waals surface area contributed by atoms with E-state index in [4.69, 9.17) is 10.1 Å². The molecule has 1 saturated heterocycles. The minimum Gasteiger partial charge on any atom is -0.390 e. The van der Waals surface area contributed by atoms with Crippen LogP contribution in [0.3, 0.4) is 0 Å². The number of methoxy groups -OCH3 is 1. The summed E-state index contributed by atoms with van der Waals surface area (Å²) < 4.78 is 5.71. The molecule has 2 amide bonds. The van der Waals surface area contributed by atoms with Gasteiger partial charge in [-0.2, -0.15) is 0 Å². The summed E-state index contributed by atoms with van der Waals surface area (Å²) in [5.41, 5.74) is 3.78. The molecule has 0 spiro atoms. The van der Waals surface area contributed by atoms with E-state index in [1.54, 1.807) is 13.2 Å². The van der Waals surface area contributed by atoms with Gasteiger partial charge in [0, 0.05) is 31.1 Å². The van der Waals surface area contributed by atoms with E-state index in [9.17, 15) is 14.7 Å². The van der Waals surface area contributed by atoms with Crippen LogP contribution in [0, 0.1) is 5.41 Å². The molecule has 8 nitrogen and oxygen atoms in total. The average Bonchev–Trinajstić information content (AvgIpc) is 3.40. The van der Waals surface area contributed by atoms with Crippen LogP contribution < -0.4 is 10.6 Å². The van der Waals surface area contributed by atoms with Crippen LogP contribution in [0.5, 0.6) is 0 Å². The van der Waals surface area contributed by atoms with Crippen molar-refractivity contribution in [2.75, 3.05) is 7.11 Å². The molecule has 0 aromatic heterocycles. The second kappa shape index (κ2) is 9.33. The molecule has 5 rings (SSSR count). The molecular weight excluding hydrogens is 456 g/mol. The van der Waals surface area contributed by atoms with Crippen molar-refractivity contribution in [2.24, 2.45) is 0 Å². The highest BCUT2D eigenvalue weighted by Crippen LogP contribution is 2.46. The van der Waals surface area contributed by atoms with E-state index >= 15 is 0 Å². The Labute approximate surface area is 211 Å². The van der Waals surface area contributed by atoms with E-state index in [0.717, 1.165) is 35.1 Å². The van der Waals surface area contributed by atoms with Gasteiger partial charge in [0.1, 0.15) is 0 Å². The van der Waals surface area contributed by atoms with E-state index in [1.165, 1.54) is 4.90 Å². The van der Waals surface area contributed by atoms with Crippen molar-refractivity contribution in [1.82, 2.24) is 15.5 Å². The highest BCUT2D eigenvalue weighted by atomic mass is 16.5. The van der Waals surface area contributed by atoms with Crippen LogP contribution >= 0.6 is 0 Å². The molecule has 1 aliphatic heterocycles. The number of guanidine groups is 1. The molecule has 0 radical (unpaired) electrons. The van der Waals surface area contributed by atoms with Gasteiger partial charge in [0.25, 0.3) is 5.91 Å². The van der Waals surface area contributed by atoms with Crippen LogP contribution in [-0.4, -0.2) is 46.5 Å². The molecule has 2 aromatic carbocycles. The lowest BCUT2D eigenvalue weighted by atomic mass is 9.86. The standard InChI is InChI=1S/C28H34N4O4/c1-4-28(5-2)15-24(34)32(27(29)31-28)21-14-23(36-3)19-11-10-17(12-20(19)21)26(35)30-25-18-9-7-6-8-16(18)13-22(25)33/h6-12,21-23,25,33H,4-5,13-15H2,1-3H3,(H2,29,31)(H,30,35)/t21-,22-,23-,25-/m1/s1. The van der Waals surface area contributed by atoms with Crippen LogP contribution in [0.4, 0.5) is 0 Å². The topological polar surface area (TPSA) is 115 Å². The molecule has 4 N–H and O–H groups in total. The van der Waals surface area contributed by atoms with E-state index < -0.39 is 23.7 Å². The number of aliphatic hydroxyl groups excluding tert-OH is 1. The summed E-state index contributed by atoms with van der Waals surface area (Å²) in [7, 11) is 1.64. The van der Waals surface area contributed by atoms with E-state index in [-0.39, 0.29) is 23.9 Å². The van der Waals surface area contributed by atoms with Crippen molar-refractivity contribution in [3.63, 3.8) is 0 Å². The normalized spacial score (nSPS) is 26.4. The summed E-state index contributed by atoms with van der Waals surface area (Å²) in [4.78, 5) is 28.1. The minimum absolute atomic E-state index is 0.0873. The van der Waals surface area contributed by atoms with Gasteiger partial charge < -0.3 is 20.5 Å². The molecule has 2 aromatic rings. The summed E-state index contributed by atoms with van der Waals surface area (Å²) in [5.74, 6) is -0.272. The van der Waals surface area contributed by atoms with Crippen molar-refractivity contribution in [3.8, 4) is 0 Å². The number of carbonyl (C=O) groups excluding carboxylic acids is 2. The number of ether oxygens (including phenoxy) is 1. The fraction of sp³-hybridized carbons (Fsp3) is 0.464. The van der Waals surface area contributed by atoms with Gasteiger partial charge in [-0.3, -0.25) is 19.9 Å². The number of hydrogen-bond donors (Lipinski definition) is 4. The molecule has 2 aliphatic carbocycles. The molecule has 1 heterocycles. The minimum atomic E-state index is -0.679. The predicted molar refractivity (Wildman–Crippen MR) is 136 cm³/mol. The third-order valence-corrected chi connectivity index (χ3v) is 8.32. The number of fused-ring (bicyclic) bond motifs is 2. The lowest BCUT2D eigenvalue weighted by Gasteiger charge is -2.44. The number of amides is 2. The first-order valence-electron chi connectivity index (χ1n) is 12.7. The Kier molecular flexibility index (Phi) is 6.34. The van der Waals surface area contributed by atoms with Gasteiger partial charge >= 0.3 is 0 Å². The smallest absolute Gasteiger partial charge is 0.251 e. The first-order valence-corrected chi connectivity index (χ1v) is 12.7. The Morgan fingerprint density at radius 2 is 1.94 bits per heavy atom. The quantitative estimate of drug-likeness (QED) is 0.495. The molecule has 0 saturated carbocycles. The lowest BCUT2D eigenvalue weighted by Crippen LogP contribution is -2.62. The van der Waals surface area contributed by atoms with Crippen molar-refractivity contribution in [1.29, 1.82) is 5.41 Å². The number of hydrogen-bond acceptors (Lipinski definition) is 5. The molecule has 190 valence electrons. The molecule has 3 aliphatic rings. The zero-order chi connectivity index (χ0) is 25.6. The lowest BCUT2D eigenvalue weighted by molar-refractivity contribution is -0.133. The Morgan fingerprint density at radius 3 is 2.64 bits per heavy atom. The van der Waals surface area contributed by atoms with Gasteiger partial charge in [-0.15, -0.1) is 0 Å². The van der Waals surface area contributed by atoms with Gasteiger partial charge in [0.15, 0.2) is 5.96 Å². The maximum absolute atomic E-state index is 13.3. The Balaban J connectivity index is 1.42. The highest BCUT2D eigenvalue weighted by Gasteiger charge is 2.45. The Morgan fingerprint density at radius 1 is 1.19 bits per heavy atom. The second-order valence-corrected chi connectivity index (χ2v) is 10.1. The van der Waals surface area contributed by atoms with Crippen LogP contribution in [-0.2, 0) is 16.0 Å². The monoisotopic (exact) mass is 490 g/mol. The summed E-state index contributed by atoms with van der Waals surface area (Å²) >= 11 is 0. The zero-order valence-electron chi connectivity index (χ0n) is 21.0. The first kappa shape index (κ1) is 24.5. The maximum atomic E-state index is 13.3. The van der Waals surface area contributed by atoms with Gasteiger partial charge in [-0.1, -0.05) is 44.2 Å². The van der Waals surface area contributed by atoms with Crippen LogP contribution in [0.2, 0.25) is 0 Å². The SMILES string of the molecule is CCC1(CC)CC(=O)N([C@@H]2C[C@@H](OC)c3ccc(C(=O)N[C@@H]4c5ccccc5C[C@H]4O)cc32)C(=N)N1. The summed E-state index contributed by atoms with van der Waals surface area (Å²) in [6.45, 7) is 4.06. The van der Waals surface area contributed by atoms with Gasteiger partial charge in [-0.25, -0.2) is 0 Å². The number of carbonyl (C=O) groups is 2. The van der Waals surface area contributed by atoms with Gasteiger partial charge in [-0.05, 0) is 47.2 Å². The largest absolute Gasteiger partial charge is 0.390 e. The van der Waals surface area contributed by atoms with Gasteiger partial charge in [0.05, 0.1) is 30.7 Å². The van der Waals surface area contributed by atoms with Gasteiger partial charge in [0.2, 0.25) is 5.91 Å². The van der Waals surface area contributed by atoms with Crippen LogP contribution in [0.1, 0.15) is 90.3 Å². The van der Waals surface area contributed by atoms with Crippen molar-refractivity contribution >= 4 is 17.8 Å². The summed E-state index contributed by atoms with van der Waals surface area (Å²) in [5, 5.41) is 25.6. The molecular formula is C28H34N4O4. The van der Waals surface area contributed by atoms with Crippen molar-refractivity contribution in [2.45, 2.75) is 75.8 Å². The van der Waals surface area contributed by atoms with Crippen molar-refractivity contribution < 1.29 is 19.4 Å². The van der Waals surface area contributed by atoms with Crippen molar-refractivity contribution in [3.05, 3.63) is 70.3 Å². The first-order chi connectivity index (χ1) is 17.3. The molecule has 0 unspecified atom stereocenters.